The molecule has 0 aliphatic heterocycles. The van der Waals surface area contributed by atoms with Gasteiger partial charge in [0.1, 0.15) is 6.26 Å². The van der Waals surface area contributed by atoms with Crippen LogP contribution >= 0.6 is 15.9 Å². The van der Waals surface area contributed by atoms with Gasteiger partial charge in [-0.1, -0.05) is 22.0 Å². The van der Waals surface area contributed by atoms with Crippen molar-refractivity contribution in [2.75, 3.05) is 0 Å². The molecule has 0 saturated heterocycles. The van der Waals surface area contributed by atoms with Crippen molar-refractivity contribution in [3.63, 3.8) is 0 Å². The summed E-state index contributed by atoms with van der Waals surface area (Å²) >= 11 is 3.38. The Labute approximate surface area is 128 Å². The van der Waals surface area contributed by atoms with Gasteiger partial charge in [0, 0.05) is 10.0 Å². The van der Waals surface area contributed by atoms with E-state index in [0.717, 1.165) is 10.0 Å². The highest BCUT2D eigenvalue weighted by atomic mass is 79.9. The smallest absolute Gasteiger partial charge is 0.254 e. The number of carbonyl (C=O) groups excluding carboxylic acids is 1. The van der Waals surface area contributed by atoms with E-state index in [0.29, 0.717) is 17.3 Å². The van der Waals surface area contributed by atoms with E-state index in [1.807, 2.05) is 24.3 Å². The van der Waals surface area contributed by atoms with E-state index in [1.54, 1.807) is 6.07 Å². The minimum Gasteiger partial charge on any atom is -0.472 e. The first-order valence-corrected chi connectivity index (χ1v) is 6.90. The quantitative estimate of drug-likeness (QED) is 0.784. The first-order chi connectivity index (χ1) is 10.2. The second-order valence-electron chi connectivity index (χ2n) is 4.21. The Bertz CT molecular complexity index is 752. The predicted octanol–water partition coefficient (Wildman–Crippen LogP) is 3.02. The van der Waals surface area contributed by atoms with E-state index in [-0.39, 0.29) is 12.5 Å². The van der Waals surface area contributed by atoms with E-state index < -0.39 is 0 Å². The third kappa shape index (κ3) is 3.19. The number of benzene rings is 1. The van der Waals surface area contributed by atoms with E-state index in [1.165, 1.54) is 12.5 Å². The zero-order valence-electron chi connectivity index (χ0n) is 10.7. The normalized spacial score (nSPS) is 10.5. The maximum Gasteiger partial charge on any atom is 0.254 e. The van der Waals surface area contributed by atoms with Gasteiger partial charge >= 0.3 is 0 Å². The van der Waals surface area contributed by atoms with Crippen LogP contribution in [0.1, 0.15) is 16.2 Å². The number of amides is 1. The van der Waals surface area contributed by atoms with Crippen LogP contribution in [-0.2, 0) is 6.54 Å². The monoisotopic (exact) mass is 347 g/mol. The minimum absolute atomic E-state index is 0.158. The standard InChI is InChI=1S/C14H10BrN3O3/c15-11-3-1-2-9(6-11)14-18-17-12(21-14)7-16-13(19)10-4-5-20-8-10/h1-6,8H,7H2,(H,16,19). The maximum absolute atomic E-state index is 11.7. The summed E-state index contributed by atoms with van der Waals surface area (Å²) < 4.78 is 11.3. The molecule has 0 aliphatic carbocycles. The molecule has 0 bridgehead atoms. The molecule has 7 heteroatoms. The van der Waals surface area contributed by atoms with Crippen molar-refractivity contribution in [2.45, 2.75) is 6.54 Å². The fourth-order valence-corrected chi connectivity index (χ4v) is 2.11. The number of carbonyl (C=O) groups is 1. The summed E-state index contributed by atoms with van der Waals surface area (Å²) in [7, 11) is 0. The summed E-state index contributed by atoms with van der Waals surface area (Å²) in [5, 5.41) is 10.5. The molecule has 0 unspecified atom stereocenters. The van der Waals surface area contributed by atoms with Gasteiger partial charge in [-0.3, -0.25) is 4.79 Å². The van der Waals surface area contributed by atoms with Gasteiger partial charge in [-0.05, 0) is 24.3 Å². The van der Waals surface area contributed by atoms with Crippen LogP contribution in [-0.4, -0.2) is 16.1 Å². The Hall–Kier alpha value is -2.41. The van der Waals surface area contributed by atoms with Gasteiger partial charge in [0.25, 0.3) is 5.91 Å². The van der Waals surface area contributed by atoms with Gasteiger partial charge in [-0.15, -0.1) is 10.2 Å². The van der Waals surface area contributed by atoms with Crippen molar-refractivity contribution in [3.05, 3.63) is 58.8 Å². The molecule has 3 aromatic rings. The third-order valence-electron chi connectivity index (χ3n) is 2.72. The zero-order valence-corrected chi connectivity index (χ0v) is 12.3. The lowest BCUT2D eigenvalue weighted by Crippen LogP contribution is -2.22. The largest absolute Gasteiger partial charge is 0.472 e. The second kappa shape index (κ2) is 5.92. The highest BCUT2D eigenvalue weighted by Crippen LogP contribution is 2.21. The Kier molecular flexibility index (Phi) is 3.83. The summed E-state index contributed by atoms with van der Waals surface area (Å²) in [5.74, 6) is 0.483. The highest BCUT2D eigenvalue weighted by molar-refractivity contribution is 9.10. The molecule has 0 fully saturated rings. The van der Waals surface area contributed by atoms with Crippen molar-refractivity contribution in [2.24, 2.45) is 0 Å². The van der Waals surface area contributed by atoms with Crippen molar-refractivity contribution >= 4 is 21.8 Å². The molecule has 2 heterocycles. The molecule has 0 atom stereocenters. The van der Waals surface area contributed by atoms with Gasteiger partial charge in [0.2, 0.25) is 11.8 Å². The molecule has 3 rings (SSSR count). The fraction of sp³-hybridized carbons (Fsp3) is 0.0714. The van der Waals surface area contributed by atoms with Gasteiger partial charge in [-0.2, -0.15) is 0 Å². The van der Waals surface area contributed by atoms with Crippen molar-refractivity contribution in [1.82, 2.24) is 15.5 Å². The molecule has 21 heavy (non-hydrogen) atoms. The maximum atomic E-state index is 11.7. The molecule has 2 aromatic heterocycles. The van der Waals surface area contributed by atoms with E-state index in [2.05, 4.69) is 31.4 Å². The zero-order chi connectivity index (χ0) is 14.7. The van der Waals surface area contributed by atoms with Gasteiger partial charge < -0.3 is 14.2 Å². The highest BCUT2D eigenvalue weighted by Gasteiger charge is 2.11. The lowest BCUT2D eigenvalue weighted by Gasteiger charge is -1.99. The molecule has 0 radical (unpaired) electrons. The SMILES string of the molecule is O=C(NCc1nnc(-c2cccc(Br)c2)o1)c1ccoc1. The van der Waals surface area contributed by atoms with Crippen LogP contribution < -0.4 is 5.32 Å². The summed E-state index contributed by atoms with van der Waals surface area (Å²) in [6, 6.07) is 9.11. The van der Waals surface area contributed by atoms with Crippen LogP contribution in [0.15, 0.2) is 56.2 Å². The second-order valence-corrected chi connectivity index (χ2v) is 5.12. The van der Waals surface area contributed by atoms with E-state index >= 15 is 0 Å². The van der Waals surface area contributed by atoms with Gasteiger partial charge in [-0.25, -0.2) is 0 Å². The summed E-state index contributed by atoms with van der Waals surface area (Å²) in [4.78, 5) is 11.7. The van der Waals surface area contributed by atoms with Gasteiger partial charge in [0.05, 0.1) is 18.4 Å². The molecule has 1 aromatic carbocycles. The summed E-state index contributed by atoms with van der Waals surface area (Å²) in [5.41, 5.74) is 1.26. The summed E-state index contributed by atoms with van der Waals surface area (Å²) in [6.07, 6.45) is 2.81. The fourth-order valence-electron chi connectivity index (χ4n) is 1.71. The number of furan rings is 1. The molecule has 0 saturated carbocycles. The topological polar surface area (TPSA) is 81.2 Å². The Morgan fingerprint density at radius 2 is 2.19 bits per heavy atom. The van der Waals surface area contributed by atoms with E-state index in [9.17, 15) is 4.79 Å². The van der Waals surface area contributed by atoms with Crippen LogP contribution in [0.5, 0.6) is 0 Å². The lowest BCUT2D eigenvalue weighted by molar-refractivity contribution is 0.0946. The van der Waals surface area contributed by atoms with Crippen LogP contribution in [0.25, 0.3) is 11.5 Å². The number of rotatable bonds is 4. The average Bonchev–Trinajstić information content (AvgIpc) is 3.16. The van der Waals surface area contributed by atoms with E-state index in [4.69, 9.17) is 8.83 Å². The molecule has 1 N–H and O–H groups in total. The van der Waals surface area contributed by atoms with Crippen LogP contribution in [0.3, 0.4) is 0 Å². The van der Waals surface area contributed by atoms with Crippen LogP contribution in [0.2, 0.25) is 0 Å². The number of nitrogens with one attached hydrogen (secondary N) is 1. The number of halogens is 1. The number of nitrogens with zero attached hydrogens (tertiary/aromatic N) is 2. The Morgan fingerprint density at radius 3 is 2.95 bits per heavy atom. The molecular formula is C14H10BrN3O3. The molecule has 0 spiro atoms. The average molecular weight is 348 g/mol. The number of hydrogen-bond donors (Lipinski definition) is 1. The number of hydrogen-bond acceptors (Lipinski definition) is 5. The molecular weight excluding hydrogens is 338 g/mol. The predicted molar refractivity (Wildman–Crippen MR) is 77.3 cm³/mol. The minimum atomic E-state index is -0.258. The number of aromatic nitrogens is 2. The van der Waals surface area contributed by atoms with Crippen LogP contribution in [0.4, 0.5) is 0 Å². The van der Waals surface area contributed by atoms with Crippen molar-refractivity contribution < 1.29 is 13.6 Å². The molecule has 6 nitrogen and oxygen atoms in total. The van der Waals surface area contributed by atoms with Crippen molar-refractivity contribution in [3.8, 4) is 11.5 Å². The first kappa shape index (κ1) is 13.6. The van der Waals surface area contributed by atoms with Crippen LogP contribution in [0, 0.1) is 0 Å². The Morgan fingerprint density at radius 1 is 1.29 bits per heavy atom. The summed E-state index contributed by atoms with van der Waals surface area (Å²) in [6.45, 7) is 0.158. The Balaban J connectivity index is 1.67. The molecule has 0 aliphatic rings. The first-order valence-electron chi connectivity index (χ1n) is 6.11. The lowest BCUT2D eigenvalue weighted by atomic mass is 10.2. The molecule has 1 amide bonds. The third-order valence-corrected chi connectivity index (χ3v) is 3.22. The van der Waals surface area contributed by atoms with Crippen molar-refractivity contribution in [1.29, 1.82) is 0 Å². The van der Waals surface area contributed by atoms with Gasteiger partial charge in [0.15, 0.2) is 0 Å². The molecule has 106 valence electrons.